The molecule has 0 spiro atoms. The van der Waals surface area contributed by atoms with Crippen molar-refractivity contribution >= 4 is 15.8 Å². The van der Waals surface area contributed by atoms with Gasteiger partial charge in [-0.25, -0.2) is 8.42 Å². The topological polar surface area (TPSA) is 79.8 Å². The summed E-state index contributed by atoms with van der Waals surface area (Å²) in [4.78, 5) is 4.44. The highest BCUT2D eigenvalue weighted by Gasteiger charge is 2.12. The summed E-state index contributed by atoms with van der Waals surface area (Å²) >= 11 is 0. The van der Waals surface area contributed by atoms with Gasteiger partial charge in [0.25, 0.3) is 0 Å². The van der Waals surface area contributed by atoms with E-state index < -0.39 is 9.84 Å². The van der Waals surface area contributed by atoms with Gasteiger partial charge in [0.1, 0.15) is 9.84 Å². The number of sulfone groups is 1. The molecule has 1 aliphatic rings. The number of nitrogens with one attached hydrogen (secondary N) is 2. The molecule has 0 atom stereocenters. The predicted molar refractivity (Wildman–Crippen MR) is 91.1 cm³/mol. The van der Waals surface area contributed by atoms with Gasteiger partial charge in [0.2, 0.25) is 0 Å². The molecule has 1 rings (SSSR count). The lowest BCUT2D eigenvalue weighted by Crippen LogP contribution is -2.39. The Hall–Kier alpha value is -0.820. The first-order valence-electron chi connectivity index (χ1n) is 8.33. The van der Waals surface area contributed by atoms with Crippen LogP contribution in [0.15, 0.2) is 4.99 Å². The Kier molecular flexibility index (Phi) is 9.47. The zero-order chi connectivity index (χ0) is 16.3. The largest absolute Gasteiger partial charge is 0.378 e. The van der Waals surface area contributed by atoms with E-state index >= 15 is 0 Å². The summed E-state index contributed by atoms with van der Waals surface area (Å²) in [6.07, 6.45) is 8.88. The van der Waals surface area contributed by atoms with Crippen LogP contribution in [0.3, 0.4) is 0 Å². The minimum atomic E-state index is -2.94. The third kappa shape index (κ3) is 10.00. The fourth-order valence-electron chi connectivity index (χ4n) is 2.43. The standard InChI is InChI=1S/C15H31N3O3S/c1-3-16-15(18-11-13-22(2,19)20)17-10-7-12-21-14-8-5-4-6-9-14/h14H,3-13H2,1-2H3,(H2,16,17,18). The maximum atomic E-state index is 11.1. The van der Waals surface area contributed by atoms with Gasteiger partial charge in [-0.15, -0.1) is 0 Å². The molecule has 0 amide bonds. The van der Waals surface area contributed by atoms with Crippen LogP contribution in [0.2, 0.25) is 0 Å². The molecule has 0 radical (unpaired) electrons. The molecule has 0 aromatic carbocycles. The molecule has 1 saturated carbocycles. The molecule has 0 aliphatic heterocycles. The van der Waals surface area contributed by atoms with Crippen LogP contribution < -0.4 is 10.6 Å². The summed E-state index contributed by atoms with van der Waals surface area (Å²) in [5.74, 6) is 0.783. The van der Waals surface area contributed by atoms with Gasteiger partial charge in [-0.2, -0.15) is 0 Å². The smallest absolute Gasteiger partial charge is 0.191 e. The first-order valence-corrected chi connectivity index (χ1v) is 10.4. The maximum absolute atomic E-state index is 11.1. The molecule has 6 nitrogen and oxygen atoms in total. The second-order valence-electron chi connectivity index (χ2n) is 5.80. The van der Waals surface area contributed by atoms with E-state index in [0.717, 1.165) is 19.6 Å². The van der Waals surface area contributed by atoms with Crippen molar-refractivity contribution in [2.45, 2.75) is 51.6 Å². The molecule has 0 heterocycles. The van der Waals surface area contributed by atoms with E-state index in [0.29, 0.717) is 25.2 Å². The van der Waals surface area contributed by atoms with Crippen molar-refractivity contribution in [1.82, 2.24) is 10.6 Å². The van der Waals surface area contributed by atoms with E-state index in [9.17, 15) is 8.42 Å². The number of hydrogen-bond donors (Lipinski definition) is 2. The highest BCUT2D eigenvalue weighted by molar-refractivity contribution is 7.90. The lowest BCUT2D eigenvalue weighted by Gasteiger charge is -2.21. The van der Waals surface area contributed by atoms with Crippen molar-refractivity contribution in [2.75, 3.05) is 38.2 Å². The summed E-state index contributed by atoms with van der Waals surface area (Å²) in [6.45, 7) is 4.55. The van der Waals surface area contributed by atoms with E-state index in [1.54, 1.807) is 0 Å². The van der Waals surface area contributed by atoms with Crippen LogP contribution >= 0.6 is 0 Å². The fraction of sp³-hybridized carbons (Fsp3) is 0.933. The van der Waals surface area contributed by atoms with Crippen LogP contribution in [0, 0.1) is 0 Å². The van der Waals surface area contributed by atoms with Crippen LogP contribution in [0.5, 0.6) is 0 Å². The first kappa shape index (κ1) is 19.2. The zero-order valence-corrected chi connectivity index (χ0v) is 14.8. The number of hydrogen-bond acceptors (Lipinski definition) is 4. The molecule has 1 aliphatic carbocycles. The Morgan fingerprint density at radius 1 is 1.23 bits per heavy atom. The van der Waals surface area contributed by atoms with E-state index in [2.05, 4.69) is 15.6 Å². The quantitative estimate of drug-likeness (QED) is 0.378. The number of rotatable bonds is 9. The van der Waals surface area contributed by atoms with E-state index in [4.69, 9.17) is 4.74 Å². The third-order valence-corrected chi connectivity index (χ3v) is 4.53. The van der Waals surface area contributed by atoms with Crippen molar-refractivity contribution in [2.24, 2.45) is 4.99 Å². The minimum absolute atomic E-state index is 0.113. The molecule has 7 heteroatoms. The van der Waals surface area contributed by atoms with Gasteiger partial charge in [0.15, 0.2) is 5.96 Å². The lowest BCUT2D eigenvalue weighted by molar-refractivity contribution is 0.0281. The van der Waals surface area contributed by atoms with E-state index in [1.165, 1.54) is 38.4 Å². The van der Waals surface area contributed by atoms with Crippen molar-refractivity contribution in [1.29, 1.82) is 0 Å². The molecular formula is C15H31N3O3S. The zero-order valence-electron chi connectivity index (χ0n) is 13.9. The summed E-state index contributed by atoms with van der Waals surface area (Å²) in [5, 5.41) is 6.15. The number of nitrogens with zero attached hydrogens (tertiary/aromatic N) is 1. The van der Waals surface area contributed by atoms with Gasteiger partial charge in [0, 0.05) is 32.5 Å². The second-order valence-corrected chi connectivity index (χ2v) is 8.06. The Morgan fingerprint density at radius 3 is 2.59 bits per heavy atom. The van der Waals surface area contributed by atoms with Crippen LogP contribution in [0.25, 0.3) is 0 Å². The van der Waals surface area contributed by atoms with Crippen LogP contribution in [0.1, 0.15) is 45.4 Å². The van der Waals surface area contributed by atoms with Gasteiger partial charge in [-0.05, 0) is 26.2 Å². The highest BCUT2D eigenvalue weighted by atomic mass is 32.2. The molecule has 130 valence electrons. The monoisotopic (exact) mass is 333 g/mol. The van der Waals surface area contributed by atoms with Crippen molar-refractivity contribution in [3.8, 4) is 0 Å². The van der Waals surface area contributed by atoms with Crippen molar-refractivity contribution < 1.29 is 13.2 Å². The molecule has 2 N–H and O–H groups in total. The lowest BCUT2D eigenvalue weighted by atomic mass is 9.98. The molecule has 22 heavy (non-hydrogen) atoms. The highest BCUT2D eigenvalue weighted by Crippen LogP contribution is 2.20. The number of aliphatic imine (C=N–C) groups is 1. The molecule has 1 fully saturated rings. The van der Waals surface area contributed by atoms with Gasteiger partial charge in [-0.3, -0.25) is 4.99 Å². The SMILES string of the molecule is CCNC(=NCCCOC1CCCCC1)NCCS(C)(=O)=O. The Labute approximate surface area is 135 Å². The van der Waals surface area contributed by atoms with Gasteiger partial charge >= 0.3 is 0 Å². The first-order chi connectivity index (χ1) is 10.5. The Balaban J connectivity index is 2.17. The van der Waals surface area contributed by atoms with Crippen molar-refractivity contribution in [3.05, 3.63) is 0 Å². The predicted octanol–water partition coefficient (Wildman–Crippen LogP) is 1.33. The van der Waals surface area contributed by atoms with Crippen LogP contribution in [-0.4, -0.2) is 58.7 Å². The summed E-state index contributed by atoms with van der Waals surface area (Å²) in [5.41, 5.74) is 0. The Bertz CT molecular complexity index is 418. The number of guanidine groups is 1. The molecule has 0 bridgehead atoms. The average molecular weight is 333 g/mol. The second kappa shape index (κ2) is 10.8. The fourth-order valence-corrected chi connectivity index (χ4v) is 2.91. The molecule has 0 saturated heterocycles. The van der Waals surface area contributed by atoms with Crippen LogP contribution in [-0.2, 0) is 14.6 Å². The van der Waals surface area contributed by atoms with E-state index in [-0.39, 0.29) is 5.75 Å². The van der Waals surface area contributed by atoms with Crippen LogP contribution in [0.4, 0.5) is 0 Å². The molecule has 0 aromatic rings. The summed E-state index contributed by atoms with van der Waals surface area (Å²) < 4.78 is 28.1. The Morgan fingerprint density at radius 2 is 1.95 bits per heavy atom. The summed E-state index contributed by atoms with van der Waals surface area (Å²) in [7, 11) is -2.94. The van der Waals surface area contributed by atoms with Gasteiger partial charge in [0.05, 0.1) is 11.9 Å². The molecule has 0 unspecified atom stereocenters. The van der Waals surface area contributed by atoms with Gasteiger partial charge < -0.3 is 15.4 Å². The number of ether oxygens (including phenoxy) is 1. The third-order valence-electron chi connectivity index (χ3n) is 3.59. The van der Waals surface area contributed by atoms with Crippen molar-refractivity contribution in [3.63, 3.8) is 0 Å². The summed E-state index contributed by atoms with van der Waals surface area (Å²) in [6, 6.07) is 0. The molecular weight excluding hydrogens is 302 g/mol. The normalized spacial score (nSPS) is 17.5. The maximum Gasteiger partial charge on any atom is 0.191 e. The molecule has 0 aromatic heterocycles. The average Bonchev–Trinajstić information content (AvgIpc) is 2.46. The minimum Gasteiger partial charge on any atom is -0.378 e. The van der Waals surface area contributed by atoms with E-state index in [1.807, 2.05) is 6.92 Å². The van der Waals surface area contributed by atoms with Gasteiger partial charge in [-0.1, -0.05) is 19.3 Å².